The van der Waals surface area contributed by atoms with E-state index in [1.807, 2.05) is 0 Å². The fraction of sp³-hybridized carbons (Fsp3) is 0.500. The summed E-state index contributed by atoms with van der Waals surface area (Å²) in [6.07, 6.45) is 1.09. The third-order valence-corrected chi connectivity index (χ3v) is 5.60. The lowest BCUT2D eigenvalue weighted by atomic mass is 10.1. The molecule has 1 aromatic carbocycles. The van der Waals surface area contributed by atoms with E-state index in [2.05, 4.69) is 35.1 Å². The number of primary sulfonamides is 1. The predicted octanol–water partition coefficient (Wildman–Crippen LogP) is 2.18. The van der Waals surface area contributed by atoms with E-state index in [4.69, 9.17) is 5.14 Å². The number of amides is 1. The topological polar surface area (TPSA) is 89.3 Å². The second-order valence-electron chi connectivity index (χ2n) is 6.22. The van der Waals surface area contributed by atoms with Crippen molar-refractivity contribution in [3.05, 3.63) is 27.7 Å². The standard InChI is InChI=1S/C14H19BrN2O3S/c1-8-11(4-10(15)5-12(8)21(16,19)20)13(18)17-7-9-6-14(9,2)3/h4-5,9H,6-7H2,1-3H3,(H,17,18)(H2,16,19,20). The molecule has 1 aliphatic carbocycles. The highest BCUT2D eigenvalue weighted by Gasteiger charge is 2.45. The Bertz CT molecular complexity index is 698. The van der Waals surface area contributed by atoms with E-state index in [1.165, 1.54) is 6.07 Å². The zero-order valence-corrected chi connectivity index (χ0v) is 14.6. The SMILES string of the molecule is Cc1c(C(=O)NCC2CC2(C)C)cc(Br)cc1S(N)(=O)=O. The van der Waals surface area contributed by atoms with Gasteiger partial charge in [-0.1, -0.05) is 29.8 Å². The number of benzene rings is 1. The lowest BCUT2D eigenvalue weighted by molar-refractivity contribution is 0.0949. The zero-order valence-electron chi connectivity index (χ0n) is 12.2. The van der Waals surface area contributed by atoms with Crippen LogP contribution in [0.15, 0.2) is 21.5 Å². The summed E-state index contributed by atoms with van der Waals surface area (Å²) in [5.41, 5.74) is 0.978. The van der Waals surface area contributed by atoms with Crippen LogP contribution >= 0.6 is 15.9 Å². The Kier molecular flexibility index (Phi) is 4.21. The van der Waals surface area contributed by atoms with E-state index in [-0.39, 0.29) is 16.2 Å². The maximum absolute atomic E-state index is 12.3. The van der Waals surface area contributed by atoms with Gasteiger partial charge < -0.3 is 5.32 Å². The summed E-state index contributed by atoms with van der Waals surface area (Å²) in [5.74, 6) is 0.202. The van der Waals surface area contributed by atoms with Gasteiger partial charge in [0.05, 0.1) is 4.90 Å². The number of carbonyl (C=O) groups is 1. The van der Waals surface area contributed by atoms with Crippen molar-refractivity contribution in [3.8, 4) is 0 Å². The quantitative estimate of drug-likeness (QED) is 0.845. The van der Waals surface area contributed by atoms with Crippen LogP contribution in [0.2, 0.25) is 0 Å². The molecule has 1 aliphatic rings. The Balaban J connectivity index is 2.23. The van der Waals surface area contributed by atoms with Crippen molar-refractivity contribution in [3.63, 3.8) is 0 Å². The van der Waals surface area contributed by atoms with Crippen molar-refractivity contribution in [2.45, 2.75) is 32.1 Å². The van der Waals surface area contributed by atoms with Crippen LogP contribution in [0.3, 0.4) is 0 Å². The fourth-order valence-corrected chi connectivity index (χ4v) is 3.86. The van der Waals surface area contributed by atoms with Crippen LogP contribution in [-0.4, -0.2) is 20.9 Å². The van der Waals surface area contributed by atoms with Gasteiger partial charge in [0, 0.05) is 16.6 Å². The third kappa shape index (κ3) is 3.64. The smallest absolute Gasteiger partial charge is 0.251 e. The average Bonchev–Trinajstić information content (AvgIpc) is 2.95. The van der Waals surface area contributed by atoms with Crippen molar-refractivity contribution >= 4 is 31.9 Å². The summed E-state index contributed by atoms with van der Waals surface area (Å²) in [4.78, 5) is 12.2. The molecule has 0 heterocycles. The highest BCUT2D eigenvalue weighted by Crippen LogP contribution is 2.51. The molecular weight excluding hydrogens is 356 g/mol. The van der Waals surface area contributed by atoms with Crippen LogP contribution in [0.25, 0.3) is 0 Å². The monoisotopic (exact) mass is 374 g/mol. The minimum absolute atomic E-state index is 0.0335. The largest absolute Gasteiger partial charge is 0.352 e. The number of nitrogens with two attached hydrogens (primary N) is 1. The molecule has 1 fully saturated rings. The van der Waals surface area contributed by atoms with Gasteiger partial charge in [0.2, 0.25) is 10.0 Å². The molecule has 1 unspecified atom stereocenters. The normalized spacial score (nSPS) is 20.1. The van der Waals surface area contributed by atoms with Gasteiger partial charge >= 0.3 is 0 Å². The van der Waals surface area contributed by atoms with Crippen LogP contribution in [0.4, 0.5) is 0 Å². The summed E-state index contributed by atoms with van der Waals surface area (Å²) in [6.45, 7) is 6.51. The first-order valence-corrected chi connectivity index (χ1v) is 8.97. The Morgan fingerprint density at radius 1 is 1.48 bits per heavy atom. The molecule has 7 heteroatoms. The van der Waals surface area contributed by atoms with Crippen LogP contribution in [0, 0.1) is 18.3 Å². The van der Waals surface area contributed by atoms with E-state index in [9.17, 15) is 13.2 Å². The van der Waals surface area contributed by atoms with Crippen LogP contribution in [-0.2, 0) is 10.0 Å². The molecule has 0 radical (unpaired) electrons. The lowest BCUT2D eigenvalue weighted by Crippen LogP contribution is -2.28. The zero-order chi connectivity index (χ0) is 16.0. The first-order valence-electron chi connectivity index (χ1n) is 6.63. The molecule has 116 valence electrons. The predicted molar refractivity (Wildman–Crippen MR) is 84.5 cm³/mol. The molecule has 1 amide bonds. The number of hydrogen-bond donors (Lipinski definition) is 2. The van der Waals surface area contributed by atoms with E-state index in [0.29, 0.717) is 28.1 Å². The van der Waals surface area contributed by atoms with Gasteiger partial charge in [0.1, 0.15) is 0 Å². The minimum Gasteiger partial charge on any atom is -0.352 e. The fourth-order valence-electron chi connectivity index (χ4n) is 2.42. The number of rotatable bonds is 4. The molecule has 1 aromatic rings. The van der Waals surface area contributed by atoms with Crippen molar-refractivity contribution in [1.29, 1.82) is 0 Å². The van der Waals surface area contributed by atoms with E-state index in [0.717, 1.165) is 6.42 Å². The van der Waals surface area contributed by atoms with E-state index >= 15 is 0 Å². The highest BCUT2D eigenvalue weighted by atomic mass is 79.9. The number of nitrogens with one attached hydrogen (secondary N) is 1. The van der Waals surface area contributed by atoms with Gasteiger partial charge in [-0.3, -0.25) is 4.79 Å². The number of carbonyl (C=O) groups excluding carboxylic acids is 1. The Hall–Kier alpha value is -0.920. The van der Waals surface area contributed by atoms with E-state index < -0.39 is 10.0 Å². The van der Waals surface area contributed by atoms with Crippen molar-refractivity contribution in [2.75, 3.05) is 6.54 Å². The second kappa shape index (κ2) is 5.37. The summed E-state index contributed by atoms with van der Waals surface area (Å²) in [7, 11) is -3.86. The van der Waals surface area contributed by atoms with Crippen LogP contribution < -0.4 is 10.5 Å². The summed E-state index contributed by atoms with van der Waals surface area (Å²) in [5, 5.41) is 8.05. The Morgan fingerprint density at radius 2 is 2.05 bits per heavy atom. The maximum atomic E-state index is 12.3. The molecule has 3 N–H and O–H groups in total. The molecule has 0 bridgehead atoms. The lowest BCUT2D eigenvalue weighted by Gasteiger charge is -2.12. The van der Waals surface area contributed by atoms with Gasteiger partial charge in [-0.2, -0.15) is 0 Å². The second-order valence-corrected chi connectivity index (χ2v) is 8.67. The molecule has 0 spiro atoms. The van der Waals surface area contributed by atoms with Gasteiger partial charge in [-0.05, 0) is 42.4 Å². The molecule has 5 nitrogen and oxygen atoms in total. The average molecular weight is 375 g/mol. The molecular formula is C14H19BrN2O3S. The van der Waals surface area contributed by atoms with Crippen molar-refractivity contribution in [2.24, 2.45) is 16.5 Å². The Labute approximate surface area is 133 Å². The van der Waals surface area contributed by atoms with Gasteiger partial charge in [0.25, 0.3) is 5.91 Å². The summed E-state index contributed by atoms with van der Waals surface area (Å²) < 4.78 is 23.6. The first-order chi connectivity index (χ1) is 9.52. The summed E-state index contributed by atoms with van der Waals surface area (Å²) >= 11 is 3.22. The number of halogens is 1. The van der Waals surface area contributed by atoms with E-state index in [1.54, 1.807) is 13.0 Å². The van der Waals surface area contributed by atoms with Gasteiger partial charge in [-0.15, -0.1) is 0 Å². The maximum Gasteiger partial charge on any atom is 0.251 e. The van der Waals surface area contributed by atoms with Crippen molar-refractivity contribution in [1.82, 2.24) is 5.32 Å². The molecule has 21 heavy (non-hydrogen) atoms. The third-order valence-electron chi connectivity index (χ3n) is 4.10. The minimum atomic E-state index is -3.86. The number of sulfonamides is 1. The van der Waals surface area contributed by atoms with Gasteiger partial charge in [0.15, 0.2) is 0 Å². The van der Waals surface area contributed by atoms with Crippen LogP contribution in [0.5, 0.6) is 0 Å². The Morgan fingerprint density at radius 3 is 2.52 bits per heavy atom. The molecule has 1 atom stereocenters. The van der Waals surface area contributed by atoms with Gasteiger partial charge in [-0.25, -0.2) is 13.6 Å². The molecule has 1 saturated carbocycles. The number of hydrogen-bond acceptors (Lipinski definition) is 3. The highest BCUT2D eigenvalue weighted by molar-refractivity contribution is 9.10. The molecule has 0 aliphatic heterocycles. The molecule has 0 aromatic heterocycles. The van der Waals surface area contributed by atoms with Crippen LogP contribution in [0.1, 0.15) is 36.2 Å². The summed E-state index contributed by atoms with van der Waals surface area (Å²) in [6, 6.07) is 3.02. The molecule has 2 rings (SSSR count). The molecule has 0 saturated heterocycles. The van der Waals surface area contributed by atoms with Crippen molar-refractivity contribution < 1.29 is 13.2 Å². The first kappa shape index (κ1) is 16.5.